The molecule has 0 aromatic carbocycles. The summed E-state index contributed by atoms with van der Waals surface area (Å²) >= 11 is 6.11. The lowest BCUT2D eigenvalue weighted by atomic mass is 10.0. The van der Waals surface area contributed by atoms with Crippen molar-refractivity contribution in [3.8, 4) is 0 Å². The summed E-state index contributed by atoms with van der Waals surface area (Å²) in [7, 11) is 1.86. The van der Waals surface area contributed by atoms with Crippen molar-refractivity contribution in [2.24, 2.45) is 13.0 Å². The summed E-state index contributed by atoms with van der Waals surface area (Å²) in [5.74, 6) is 0.723. The van der Waals surface area contributed by atoms with Gasteiger partial charge in [0.05, 0.1) is 16.4 Å². The Balaban J connectivity index is 2.58. The van der Waals surface area contributed by atoms with Crippen LogP contribution in [0.4, 0.5) is 0 Å². The summed E-state index contributed by atoms with van der Waals surface area (Å²) in [4.78, 5) is 11.6. The van der Waals surface area contributed by atoms with Crippen molar-refractivity contribution in [2.45, 2.75) is 40.0 Å². The van der Waals surface area contributed by atoms with Gasteiger partial charge in [0.15, 0.2) is 0 Å². The Morgan fingerprint density at radius 3 is 2.56 bits per heavy atom. The smallest absolute Gasteiger partial charge is 0.133 e. The highest BCUT2D eigenvalue weighted by atomic mass is 35.5. The lowest BCUT2D eigenvalue weighted by Crippen LogP contribution is -2.06. The van der Waals surface area contributed by atoms with Gasteiger partial charge in [-0.15, -0.1) is 0 Å². The fourth-order valence-electron chi connectivity index (χ4n) is 1.77. The maximum absolute atomic E-state index is 11.6. The number of Topliss-reactive ketones (excluding diaryl/α,β-unsaturated/α-hetero) is 1. The minimum atomic E-state index is 0.296. The van der Waals surface area contributed by atoms with Gasteiger partial charge < -0.3 is 0 Å². The van der Waals surface area contributed by atoms with Crippen molar-refractivity contribution >= 4 is 17.4 Å². The zero-order valence-electron chi connectivity index (χ0n) is 10.4. The fourth-order valence-corrected chi connectivity index (χ4v) is 2.02. The molecule has 0 atom stereocenters. The molecule has 0 bridgehead atoms. The second kappa shape index (κ2) is 5.48. The highest BCUT2D eigenvalue weighted by molar-refractivity contribution is 6.31. The Labute approximate surface area is 102 Å². The normalized spacial score (nSPS) is 11.1. The van der Waals surface area contributed by atoms with Gasteiger partial charge in [0.2, 0.25) is 0 Å². The van der Waals surface area contributed by atoms with E-state index in [1.807, 2.05) is 14.0 Å². The largest absolute Gasteiger partial charge is 0.300 e. The molecule has 1 aromatic heterocycles. The standard InChI is InChI=1S/C12H19ClN2O/c1-8(2)7-10(16)5-6-11-12(13)9(3)14-15(11)4/h8H,5-7H2,1-4H3. The quantitative estimate of drug-likeness (QED) is 0.796. The third kappa shape index (κ3) is 3.34. The Hall–Kier alpha value is -0.830. The zero-order chi connectivity index (χ0) is 12.3. The molecule has 1 aromatic rings. The van der Waals surface area contributed by atoms with Gasteiger partial charge in [-0.1, -0.05) is 25.4 Å². The first kappa shape index (κ1) is 13.2. The Morgan fingerprint density at radius 2 is 2.12 bits per heavy atom. The molecule has 0 saturated carbocycles. The molecule has 1 rings (SSSR count). The van der Waals surface area contributed by atoms with Gasteiger partial charge in [0, 0.05) is 19.9 Å². The summed E-state index contributed by atoms with van der Waals surface area (Å²) in [6, 6.07) is 0. The molecule has 0 N–H and O–H groups in total. The van der Waals surface area contributed by atoms with Gasteiger partial charge in [-0.25, -0.2) is 0 Å². The van der Waals surface area contributed by atoms with Crippen molar-refractivity contribution in [1.29, 1.82) is 0 Å². The van der Waals surface area contributed by atoms with Crippen LogP contribution in [-0.2, 0) is 18.3 Å². The molecule has 0 amide bonds. The van der Waals surface area contributed by atoms with E-state index < -0.39 is 0 Å². The van der Waals surface area contributed by atoms with Crippen molar-refractivity contribution in [3.63, 3.8) is 0 Å². The van der Waals surface area contributed by atoms with E-state index in [1.165, 1.54) is 0 Å². The zero-order valence-corrected chi connectivity index (χ0v) is 11.1. The SMILES string of the molecule is Cc1nn(C)c(CCC(=O)CC(C)C)c1Cl. The summed E-state index contributed by atoms with van der Waals surface area (Å²) in [5.41, 5.74) is 1.78. The lowest BCUT2D eigenvalue weighted by molar-refractivity contribution is -0.119. The number of hydrogen-bond donors (Lipinski definition) is 0. The molecule has 3 nitrogen and oxygen atoms in total. The molecule has 1 heterocycles. The minimum absolute atomic E-state index is 0.296. The molecule has 90 valence electrons. The predicted molar refractivity (Wildman–Crippen MR) is 65.7 cm³/mol. The van der Waals surface area contributed by atoms with Crippen LogP contribution in [0.1, 0.15) is 38.1 Å². The predicted octanol–water partition coefficient (Wildman–Crippen LogP) is 2.93. The van der Waals surface area contributed by atoms with Gasteiger partial charge in [0.25, 0.3) is 0 Å². The van der Waals surface area contributed by atoms with Crippen LogP contribution in [0.15, 0.2) is 0 Å². The van der Waals surface area contributed by atoms with Crippen molar-refractivity contribution in [1.82, 2.24) is 9.78 Å². The van der Waals surface area contributed by atoms with E-state index in [4.69, 9.17) is 11.6 Å². The summed E-state index contributed by atoms with van der Waals surface area (Å²) < 4.78 is 1.76. The summed E-state index contributed by atoms with van der Waals surface area (Å²) in [5, 5.41) is 4.92. The number of nitrogens with zero attached hydrogens (tertiary/aromatic N) is 2. The number of carbonyl (C=O) groups excluding carboxylic acids is 1. The van der Waals surface area contributed by atoms with E-state index in [1.54, 1.807) is 4.68 Å². The maximum atomic E-state index is 11.6. The lowest BCUT2D eigenvalue weighted by Gasteiger charge is -2.04. The van der Waals surface area contributed by atoms with Crippen LogP contribution < -0.4 is 0 Å². The van der Waals surface area contributed by atoms with Crippen molar-refractivity contribution in [2.75, 3.05) is 0 Å². The topological polar surface area (TPSA) is 34.9 Å². The van der Waals surface area contributed by atoms with Crippen molar-refractivity contribution in [3.05, 3.63) is 16.4 Å². The third-order valence-electron chi connectivity index (χ3n) is 2.54. The molecule has 0 radical (unpaired) electrons. The first-order valence-electron chi connectivity index (χ1n) is 5.61. The van der Waals surface area contributed by atoms with Gasteiger partial charge >= 0.3 is 0 Å². The monoisotopic (exact) mass is 242 g/mol. The summed E-state index contributed by atoms with van der Waals surface area (Å²) in [6.07, 6.45) is 1.88. The van der Waals surface area contributed by atoms with Crippen LogP contribution in [0.2, 0.25) is 5.02 Å². The molecule has 0 aliphatic rings. The van der Waals surface area contributed by atoms with Gasteiger partial charge in [-0.3, -0.25) is 9.48 Å². The first-order chi connectivity index (χ1) is 7.41. The van der Waals surface area contributed by atoms with E-state index in [0.717, 1.165) is 11.4 Å². The number of aromatic nitrogens is 2. The highest BCUT2D eigenvalue weighted by Crippen LogP contribution is 2.21. The average molecular weight is 243 g/mol. The fraction of sp³-hybridized carbons (Fsp3) is 0.667. The van der Waals surface area contributed by atoms with E-state index >= 15 is 0 Å². The number of hydrogen-bond acceptors (Lipinski definition) is 2. The van der Waals surface area contributed by atoms with Crippen LogP contribution in [-0.4, -0.2) is 15.6 Å². The van der Waals surface area contributed by atoms with Gasteiger partial charge in [-0.2, -0.15) is 5.10 Å². The van der Waals surface area contributed by atoms with Gasteiger partial charge in [0.1, 0.15) is 5.78 Å². The molecule has 0 spiro atoms. The molecule has 0 unspecified atom stereocenters. The average Bonchev–Trinajstić information content (AvgIpc) is 2.38. The van der Waals surface area contributed by atoms with Crippen LogP contribution >= 0.6 is 11.6 Å². The second-order valence-corrected chi connectivity index (χ2v) is 4.98. The van der Waals surface area contributed by atoms with E-state index in [9.17, 15) is 4.79 Å². The minimum Gasteiger partial charge on any atom is -0.300 e. The highest BCUT2D eigenvalue weighted by Gasteiger charge is 2.13. The molecule has 0 saturated heterocycles. The van der Waals surface area contributed by atoms with Crippen LogP contribution in [0.3, 0.4) is 0 Å². The Bertz CT molecular complexity index is 383. The molecule has 0 fully saturated rings. The molecule has 0 aliphatic carbocycles. The molecular formula is C12H19ClN2O. The molecular weight excluding hydrogens is 224 g/mol. The Kier molecular flexibility index (Phi) is 4.54. The molecule has 16 heavy (non-hydrogen) atoms. The van der Waals surface area contributed by atoms with Gasteiger partial charge in [-0.05, 0) is 19.3 Å². The van der Waals surface area contributed by atoms with E-state index in [0.29, 0.717) is 36.0 Å². The Morgan fingerprint density at radius 1 is 1.50 bits per heavy atom. The van der Waals surface area contributed by atoms with E-state index in [2.05, 4.69) is 18.9 Å². The maximum Gasteiger partial charge on any atom is 0.133 e. The molecule has 0 aliphatic heterocycles. The second-order valence-electron chi connectivity index (χ2n) is 4.61. The molecule has 4 heteroatoms. The number of ketones is 1. The van der Waals surface area contributed by atoms with Crippen LogP contribution in [0.25, 0.3) is 0 Å². The third-order valence-corrected chi connectivity index (χ3v) is 3.03. The number of rotatable bonds is 5. The van der Waals surface area contributed by atoms with Crippen LogP contribution in [0, 0.1) is 12.8 Å². The van der Waals surface area contributed by atoms with Crippen molar-refractivity contribution < 1.29 is 4.79 Å². The van der Waals surface area contributed by atoms with E-state index in [-0.39, 0.29) is 0 Å². The van der Waals surface area contributed by atoms with Crippen LogP contribution in [0.5, 0.6) is 0 Å². The number of carbonyl (C=O) groups is 1. The number of aryl methyl sites for hydroxylation is 2. The number of halogens is 1. The first-order valence-corrected chi connectivity index (χ1v) is 5.99. The summed E-state index contributed by atoms with van der Waals surface area (Å²) in [6.45, 7) is 5.99.